The van der Waals surface area contributed by atoms with E-state index in [2.05, 4.69) is 17.1 Å². The summed E-state index contributed by atoms with van der Waals surface area (Å²) >= 11 is 0. The standard InChI is InChI=1S/C12H23N3O/c1-10-2-7-15(8-3-10)9-6-14-11(16)12(13)4-5-12/h10H,2-9,13H2,1H3,(H,14,16). The molecule has 1 saturated heterocycles. The Balaban J connectivity index is 1.59. The number of likely N-dealkylation sites (tertiary alicyclic amines) is 1. The number of nitrogens with zero attached hydrogens (tertiary/aromatic N) is 1. The van der Waals surface area contributed by atoms with Crippen LogP contribution in [0.2, 0.25) is 0 Å². The summed E-state index contributed by atoms with van der Waals surface area (Å²) in [7, 11) is 0. The molecule has 0 radical (unpaired) electrons. The second-order valence-corrected chi connectivity index (χ2v) is 5.44. The first-order valence-corrected chi connectivity index (χ1v) is 6.40. The number of amides is 1. The molecule has 2 rings (SSSR count). The maximum Gasteiger partial charge on any atom is 0.240 e. The molecule has 1 aliphatic carbocycles. The topological polar surface area (TPSA) is 58.4 Å². The van der Waals surface area contributed by atoms with Crippen molar-refractivity contribution in [3.8, 4) is 0 Å². The summed E-state index contributed by atoms with van der Waals surface area (Å²) in [6.45, 7) is 6.36. The lowest BCUT2D eigenvalue weighted by Crippen LogP contribution is -2.46. The second-order valence-electron chi connectivity index (χ2n) is 5.44. The van der Waals surface area contributed by atoms with Gasteiger partial charge in [-0.15, -0.1) is 0 Å². The van der Waals surface area contributed by atoms with E-state index < -0.39 is 5.54 Å². The van der Waals surface area contributed by atoms with E-state index in [-0.39, 0.29) is 5.91 Å². The largest absolute Gasteiger partial charge is 0.353 e. The Kier molecular flexibility index (Phi) is 3.50. The summed E-state index contributed by atoms with van der Waals surface area (Å²) in [5.41, 5.74) is 5.28. The van der Waals surface area contributed by atoms with Crippen LogP contribution in [-0.4, -0.2) is 42.5 Å². The van der Waals surface area contributed by atoms with Crippen LogP contribution in [0.1, 0.15) is 32.6 Å². The molecule has 92 valence electrons. The van der Waals surface area contributed by atoms with E-state index in [0.717, 1.165) is 31.8 Å². The maximum absolute atomic E-state index is 11.6. The van der Waals surface area contributed by atoms with E-state index in [1.54, 1.807) is 0 Å². The van der Waals surface area contributed by atoms with Gasteiger partial charge in [-0.2, -0.15) is 0 Å². The van der Waals surface area contributed by atoms with Crippen LogP contribution in [0.3, 0.4) is 0 Å². The number of carbonyl (C=O) groups excluding carboxylic acids is 1. The van der Waals surface area contributed by atoms with Crippen LogP contribution in [0.4, 0.5) is 0 Å². The van der Waals surface area contributed by atoms with Crippen LogP contribution in [0.15, 0.2) is 0 Å². The first kappa shape index (κ1) is 11.9. The van der Waals surface area contributed by atoms with Gasteiger partial charge < -0.3 is 16.0 Å². The highest BCUT2D eigenvalue weighted by atomic mass is 16.2. The predicted octanol–water partition coefficient (Wildman–Crippen LogP) is 0.326. The van der Waals surface area contributed by atoms with E-state index in [1.807, 2.05) is 0 Å². The van der Waals surface area contributed by atoms with Crippen LogP contribution in [0.25, 0.3) is 0 Å². The average molecular weight is 225 g/mol. The van der Waals surface area contributed by atoms with E-state index in [0.29, 0.717) is 0 Å². The summed E-state index contributed by atoms with van der Waals surface area (Å²) < 4.78 is 0. The number of nitrogens with two attached hydrogens (primary N) is 1. The van der Waals surface area contributed by atoms with Gasteiger partial charge in [0.25, 0.3) is 0 Å². The zero-order chi connectivity index (χ0) is 11.6. The molecule has 1 saturated carbocycles. The molecule has 0 aromatic carbocycles. The normalized spacial score (nSPS) is 25.4. The monoisotopic (exact) mass is 225 g/mol. The SMILES string of the molecule is CC1CCN(CCNC(=O)C2(N)CC2)CC1. The third-order valence-corrected chi connectivity index (χ3v) is 3.83. The van der Waals surface area contributed by atoms with Gasteiger partial charge >= 0.3 is 0 Å². The Hall–Kier alpha value is -0.610. The van der Waals surface area contributed by atoms with Crippen molar-refractivity contribution in [2.45, 2.75) is 38.1 Å². The zero-order valence-corrected chi connectivity index (χ0v) is 10.2. The first-order valence-electron chi connectivity index (χ1n) is 6.40. The minimum atomic E-state index is -0.517. The summed E-state index contributed by atoms with van der Waals surface area (Å²) in [5, 5.41) is 2.94. The fraction of sp³-hybridized carbons (Fsp3) is 0.917. The third-order valence-electron chi connectivity index (χ3n) is 3.83. The van der Waals surface area contributed by atoms with Gasteiger partial charge in [0.15, 0.2) is 0 Å². The van der Waals surface area contributed by atoms with Crippen LogP contribution >= 0.6 is 0 Å². The Morgan fingerprint density at radius 1 is 1.44 bits per heavy atom. The van der Waals surface area contributed by atoms with Gasteiger partial charge in [-0.3, -0.25) is 4.79 Å². The third kappa shape index (κ3) is 2.95. The molecule has 4 nitrogen and oxygen atoms in total. The number of rotatable bonds is 4. The minimum absolute atomic E-state index is 0.0397. The second kappa shape index (κ2) is 4.72. The Labute approximate surface area is 97.6 Å². The van der Waals surface area contributed by atoms with Gasteiger partial charge in [0.1, 0.15) is 0 Å². The van der Waals surface area contributed by atoms with Crippen molar-refractivity contribution in [1.29, 1.82) is 0 Å². The van der Waals surface area contributed by atoms with Crippen LogP contribution in [0.5, 0.6) is 0 Å². The van der Waals surface area contributed by atoms with E-state index >= 15 is 0 Å². The summed E-state index contributed by atoms with van der Waals surface area (Å²) in [6.07, 6.45) is 4.27. The molecule has 16 heavy (non-hydrogen) atoms. The molecule has 1 amide bonds. The van der Waals surface area contributed by atoms with Crippen molar-refractivity contribution in [1.82, 2.24) is 10.2 Å². The molecule has 2 fully saturated rings. The highest BCUT2D eigenvalue weighted by Gasteiger charge is 2.45. The Bertz CT molecular complexity index is 255. The molecule has 1 heterocycles. The molecule has 2 aliphatic rings. The molecule has 0 bridgehead atoms. The lowest BCUT2D eigenvalue weighted by atomic mass is 9.99. The molecule has 4 heteroatoms. The van der Waals surface area contributed by atoms with Gasteiger partial charge in [-0.25, -0.2) is 0 Å². The number of nitrogens with one attached hydrogen (secondary N) is 1. The van der Waals surface area contributed by atoms with Crippen molar-refractivity contribution in [3.05, 3.63) is 0 Å². The molecule has 0 atom stereocenters. The number of carbonyl (C=O) groups is 1. The highest BCUT2D eigenvalue weighted by molar-refractivity contribution is 5.88. The highest BCUT2D eigenvalue weighted by Crippen LogP contribution is 2.31. The zero-order valence-electron chi connectivity index (χ0n) is 10.2. The molecule has 0 aromatic rings. The van der Waals surface area contributed by atoms with Crippen molar-refractivity contribution in [2.24, 2.45) is 11.7 Å². The molecule has 3 N–H and O–H groups in total. The van der Waals surface area contributed by atoms with Gasteiger partial charge in [-0.1, -0.05) is 6.92 Å². The molecule has 0 aromatic heterocycles. The van der Waals surface area contributed by atoms with E-state index in [4.69, 9.17) is 5.73 Å². The molecule has 1 aliphatic heterocycles. The number of piperidine rings is 1. The van der Waals surface area contributed by atoms with Crippen molar-refractivity contribution >= 4 is 5.91 Å². The molecular formula is C12H23N3O. The average Bonchev–Trinajstić information content (AvgIpc) is 3.01. The molecule has 0 unspecified atom stereocenters. The quantitative estimate of drug-likeness (QED) is 0.725. The van der Waals surface area contributed by atoms with Gasteiger partial charge in [-0.05, 0) is 44.7 Å². The van der Waals surface area contributed by atoms with Crippen molar-refractivity contribution < 1.29 is 4.79 Å². The molecule has 0 spiro atoms. The summed E-state index contributed by atoms with van der Waals surface area (Å²) in [5.74, 6) is 0.905. The van der Waals surface area contributed by atoms with Gasteiger partial charge in [0.2, 0.25) is 5.91 Å². The summed E-state index contributed by atoms with van der Waals surface area (Å²) in [6, 6.07) is 0. The lowest BCUT2D eigenvalue weighted by molar-refractivity contribution is -0.123. The van der Waals surface area contributed by atoms with Gasteiger partial charge in [0, 0.05) is 13.1 Å². The van der Waals surface area contributed by atoms with E-state index in [9.17, 15) is 4.79 Å². The predicted molar refractivity (Wildman–Crippen MR) is 64.0 cm³/mol. The van der Waals surface area contributed by atoms with Gasteiger partial charge in [0.05, 0.1) is 5.54 Å². The number of hydrogen-bond donors (Lipinski definition) is 2. The van der Waals surface area contributed by atoms with Crippen molar-refractivity contribution in [2.75, 3.05) is 26.2 Å². The maximum atomic E-state index is 11.6. The minimum Gasteiger partial charge on any atom is -0.353 e. The van der Waals surface area contributed by atoms with Crippen LogP contribution in [0, 0.1) is 5.92 Å². The van der Waals surface area contributed by atoms with E-state index in [1.165, 1.54) is 25.9 Å². The fourth-order valence-electron chi connectivity index (χ4n) is 2.15. The molecular weight excluding hydrogens is 202 g/mol. The van der Waals surface area contributed by atoms with Crippen molar-refractivity contribution in [3.63, 3.8) is 0 Å². The Morgan fingerprint density at radius 3 is 2.62 bits per heavy atom. The summed E-state index contributed by atoms with van der Waals surface area (Å²) in [4.78, 5) is 14.0. The first-order chi connectivity index (χ1) is 7.60. The van der Waals surface area contributed by atoms with Crippen LogP contribution in [-0.2, 0) is 4.79 Å². The van der Waals surface area contributed by atoms with Crippen LogP contribution < -0.4 is 11.1 Å². The smallest absolute Gasteiger partial charge is 0.240 e. The fourth-order valence-corrected chi connectivity index (χ4v) is 2.15. The lowest BCUT2D eigenvalue weighted by Gasteiger charge is -2.30. The Morgan fingerprint density at radius 2 is 2.06 bits per heavy atom. The number of hydrogen-bond acceptors (Lipinski definition) is 3.